The number of hydrogen-bond donors (Lipinski definition) is 1. The summed E-state index contributed by atoms with van der Waals surface area (Å²) in [6.45, 7) is 0. The summed E-state index contributed by atoms with van der Waals surface area (Å²) in [6, 6.07) is 3.22. The second-order valence-corrected chi connectivity index (χ2v) is 2.15. The van der Waals surface area contributed by atoms with Crippen molar-refractivity contribution in [2.45, 2.75) is 0 Å². The van der Waals surface area contributed by atoms with Crippen molar-refractivity contribution >= 4 is 11.1 Å². The van der Waals surface area contributed by atoms with Gasteiger partial charge in [-0.05, 0) is 0 Å². The van der Waals surface area contributed by atoms with Crippen LogP contribution in [0.2, 0.25) is 0 Å². The number of rotatable bonds is 1. The Labute approximate surface area is 62.6 Å². The van der Waals surface area contributed by atoms with Crippen LogP contribution in [0, 0.1) is 0 Å². The van der Waals surface area contributed by atoms with Crippen molar-refractivity contribution in [2.75, 3.05) is 7.11 Å². The highest BCUT2D eigenvalue weighted by molar-refractivity contribution is 5.75. The molecule has 2 rings (SSSR count). The fraction of sp³-hybridized carbons (Fsp3) is 0.143. The molecule has 2 aromatic rings. The zero-order valence-corrected chi connectivity index (χ0v) is 5.94. The smallest absolute Gasteiger partial charge is 0.229 e. The molecule has 11 heavy (non-hydrogen) atoms. The van der Waals surface area contributed by atoms with E-state index in [1.54, 1.807) is 12.3 Å². The first-order valence-electron chi connectivity index (χ1n) is 3.15. The highest BCUT2D eigenvalue weighted by Crippen LogP contribution is 2.23. The molecule has 0 unspecified atom stereocenters. The Balaban J connectivity index is 2.80. The fourth-order valence-electron chi connectivity index (χ4n) is 1.08. The van der Waals surface area contributed by atoms with Crippen LogP contribution in [-0.4, -0.2) is 16.9 Å². The van der Waals surface area contributed by atoms with Gasteiger partial charge in [-0.15, -0.1) is 4.73 Å². The lowest BCUT2D eigenvalue weighted by Crippen LogP contribution is -2.03. The van der Waals surface area contributed by atoms with Crippen molar-refractivity contribution in [2.24, 2.45) is 0 Å². The Morgan fingerprint density at radius 1 is 1.64 bits per heavy atom. The van der Waals surface area contributed by atoms with E-state index < -0.39 is 0 Å². The molecule has 0 aliphatic carbocycles. The fourth-order valence-corrected chi connectivity index (χ4v) is 1.08. The number of aromatic hydroxyl groups is 1. The molecule has 0 aliphatic rings. The summed E-state index contributed by atoms with van der Waals surface area (Å²) >= 11 is 0. The molecule has 4 nitrogen and oxygen atoms in total. The monoisotopic (exact) mass is 153 g/mol. The number of fused-ring (bicyclic) bond motifs is 1. The molecule has 0 amide bonds. The van der Waals surface area contributed by atoms with Gasteiger partial charge in [-0.25, -0.2) is 0 Å². The standard InChI is InChI=1S/C7H7NO3/c1-10-8-5-2-3-11-6(5)4-7(8)9/h2-4,9H,1H3. The molecule has 58 valence electrons. The van der Waals surface area contributed by atoms with Crippen LogP contribution < -0.4 is 4.84 Å². The molecule has 0 saturated carbocycles. The predicted molar refractivity (Wildman–Crippen MR) is 38.4 cm³/mol. The van der Waals surface area contributed by atoms with Crippen molar-refractivity contribution in [3.05, 3.63) is 18.4 Å². The van der Waals surface area contributed by atoms with Gasteiger partial charge in [0, 0.05) is 12.1 Å². The largest absolute Gasteiger partial charge is 0.492 e. The number of furan rings is 1. The lowest BCUT2D eigenvalue weighted by molar-refractivity contribution is 0.152. The van der Waals surface area contributed by atoms with Crippen LogP contribution >= 0.6 is 0 Å². The third kappa shape index (κ3) is 0.690. The lowest BCUT2D eigenvalue weighted by Gasteiger charge is -2.00. The third-order valence-electron chi connectivity index (χ3n) is 1.54. The van der Waals surface area contributed by atoms with Crippen LogP contribution in [0.5, 0.6) is 5.88 Å². The first-order chi connectivity index (χ1) is 5.33. The molecule has 1 N–H and O–H groups in total. The van der Waals surface area contributed by atoms with Gasteiger partial charge in [-0.2, -0.15) is 0 Å². The molecule has 0 aromatic carbocycles. The summed E-state index contributed by atoms with van der Waals surface area (Å²) in [7, 11) is 1.48. The summed E-state index contributed by atoms with van der Waals surface area (Å²) < 4.78 is 6.31. The highest BCUT2D eigenvalue weighted by Gasteiger charge is 2.08. The Morgan fingerprint density at radius 2 is 2.45 bits per heavy atom. The SMILES string of the molecule is COn1c(O)cc2occc21. The van der Waals surface area contributed by atoms with Crippen molar-refractivity contribution < 1.29 is 14.4 Å². The Morgan fingerprint density at radius 3 is 3.18 bits per heavy atom. The molecule has 4 heteroatoms. The van der Waals surface area contributed by atoms with E-state index in [2.05, 4.69) is 0 Å². The van der Waals surface area contributed by atoms with Gasteiger partial charge in [0.2, 0.25) is 5.88 Å². The van der Waals surface area contributed by atoms with E-state index in [1.165, 1.54) is 17.9 Å². The van der Waals surface area contributed by atoms with E-state index >= 15 is 0 Å². The normalized spacial score (nSPS) is 10.6. The molecule has 0 radical (unpaired) electrons. The molecule has 2 heterocycles. The highest BCUT2D eigenvalue weighted by atomic mass is 16.7. The second-order valence-electron chi connectivity index (χ2n) is 2.15. The molecule has 0 bridgehead atoms. The molecule has 0 aliphatic heterocycles. The third-order valence-corrected chi connectivity index (χ3v) is 1.54. The van der Waals surface area contributed by atoms with Gasteiger partial charge in [0.05, 0.1) is 6.26 Å². The Bertz CT molecular complexity index is 374. The molecule has 0 saturated heterocycles. The lowest BCUT2D eigenvalue weighted by atomic mass is 10.5. The maximum Gasteiger partial charge on any atom is 0.229 e. The predicted octanol–water partition coefficient (Wildman–Crippen LogP) is 0.998. The van der Waals surface area contributed by atoms with E-state index in [0.717, 1.165) is 5.52 Å². The maximum absolute atomic E-state index is 9.20. The van der Waals surface area contributed by atoms with Gasteiger partial charge in [0.15, 0.2) is 5.58 Å². The summed E-state index contributed by atoms with van der Waals surface area (Å²) in [5.41, 5.74) is 1.34. The van der Waals surface area contributed by atoms with Gasteiger partial charge in [0.25, 0.3) is 0 Å². The quantitative estimate of drug-likeness (QED) is 0.664. The van der Waals surface area contributed by atoms with E-state index in [-0.39, 0.29) is 5.88 Å². The first kappa shape index (κ1) is 6.15. The van der Waals surface area contributed by atoms with Crippen molar-refractivity contribution in [1.82, 2.24) is 4.73 Å². The average Bonchev–Trinajstić information content (AvgIpc) is 2.46. The van der Waals surface area contributed by atoms with Crippen LogP contribution in [-0.2, 0) is 0 Å². The van der Waals surface area contributed by atoms with E-state index in [0.29, 0.717) is 5.58 Å². The van der Waals surface area contributed by atoms with Gasteiger partial charge in [0.1, 0.15) is 12.6 Å². The zero-order valence-electron chi connectivity index (χ0n) is 5.94. The summed E-state index contributed by atoms with van der Waals surface area (Å²) in [5.74, 6) is 0.0434. The second kappa shape index (κ2) is 1.95. The average molecular weight is 153 g/mol. The topological polar surface area (TPSA) is 47.5 Å². The Kier molecular flexibility index (Phi) is 1.09. The van der Waals surface area contributed by atoms with Gasteiger partial charge in [-0.1, -0.05) is 0 Å². The molecule has 0 atom stereocenters. The van der Waals surface area contributed by atoms with Crippen molar-refractivity contribution in [3.63, 3.8) is 0 Å². The summed E-state index contributed by atoms with van der Waals surface area (Å²) in [4.78, 5) is 4.86. The first-order valence-corrected chi connectivity index (χ1v) is 3.15. The van der Waals surface area contributed by atoms with E-state index in [1.807, 2.05) is 0 Å². The molecular weight excluding hydrogens is 146 g/mol. The van der Waals surface area contributed by atoms with Gasteiger partial charge in [-0.3, -0.25) is 0 Å². The van der Waals surface area contributed by atoms with Crippen LogP contribution in [0.1, 0.15) is 0 Å². The maximum atomic E-state index is 9.20. The molecule has 2 aromatic heterocycles. The number of aromatic nitrogens is 1. The Hall–Kier alpha value is -1.58. The van der Waals surface area contributed by atoms with Gasteiger partial charge >= 0.3 is 0 Å². The molecule has 0 spiro atoms. The zero-order chi connectivity index (χ0) is 7.84. The van der Waals surface area contributed by atoms with Crippen molar-refractivity contribution in [1.29, 1.82) is 0 Å². The van der Waals surface area contributed by atoms with Crippen molar-refractivity contribution in [3.8, 4) is 5.88 Å². The number of hydrogen-bond acceptors (Lipinski definition) is 3. The minimum absolute atomic E-state index is 0.0434. The molecule has 0 fully saturated rings. The van der Waals surface area contributed by atoms with E-state index in [9.17, 15) is 5.11 Å². The van der Waals surface area contributed by atoms with E-state index in [4.69, 9.17) is 9.25 Å². The van der Waals surface area contributed by atoms with Crippen LogP contribution in [0.15, 0.2) is 22.8 Å². The number of nitrogens with zero attached hydrogens (tertiary/aromatic N) is 1. The van der Waals surface area contributed by atoms with Gasteiger partial charge < -0.3 is 14.4 Å². The summed E-state index contributed by atoms with van der Waals surface area (Å²) in [5, 5.41) is 9.20. The summed E-state index contributed by atoms with van der Waals surface area (Å²) in [6.07, 6.45) is 1.54. The minimum Gasteiger partial charge on any atom is -0.492 e. The molecular formula is C7H7NO3. The van der Waals surface area contributed by atoms with Crippen LogP contribution in [0.4, 0.5) is 0 Å². The van der Waals surface area contributed by atoms with Crippen LogP contribution in [0.25, 0.3) is 11.1 Å². The minimum atomic E-state index is 0.0434. The van der Waals surface area contributed by atoms with Crippen LogP contribution in [0.3, 0.4) is 0 Å².